The number of hydrogen-bond acceptors (Lipinski definition) is 7. The maximum absolute atomic E-state index is 11.3. The van der Waals surface area contributed by atoms with Crippen LogP contribution in [0.15, 0.2) is 42.5 Å². The lowest BCUT2D eigenvalue weighted by Gasteiger charge is -2.13. The molecule has 0 saturated heterocycles. The number of nitrogens with one attached hydrogen (secondary N) is 4. The molecule has 3 aromatic rings. The highest BCUT2D eigenvalue weighted by atomic mass is 16.5. The molecule has 0 aliphatic carbocycles. The lowest BCUT2D eigenvalue weighted by atomic mass is 10.2. The summed E-state index contributed by atoms with van der Waals surface area (Å²) in [7, 11) is 4.85. The predicted molar refractivity (Wildman–Crippen MR) is 117 cm³/mol. The Balaban J connectivity index is 1.78. The van der Waals surface area contributed by atoms with E-state index < -0.39 is 0 Å². The number of carbonyl (C=O) groups is 1. The SMILES string of the molecule is CNC(=O)NCCNc1nc(NCc2ccc(OC)cc2)c2cc(OC)ccc2n1. The third-order valence-electron chi connectivity index (χ3n) is 4.44. The van der Waals surface area contributed by atoms with E-state index in [2.05, 4.69) is 31.2 Å². The first-order chi connectivity index (χ1) is 14.6. The van der Waals surface area contributed by atoms with E-state index in [0.29, 0.717) is 31.4 Å². The molecule has 0 unspecified atom stereocenters. The third kappa shape index (κ3) is 5.40. The van der Waals surface area contributed by atoms with Crippen LogP contribution in [0.1, 0.15) is 5.56 Å². The summed E-state index contributed by atoms with van der Waals surface area (Å²) >= 11 is 0. The van der Waals surface area contributed by atoms with Crippen molar-refractivity contribution in [3.05, 3.63) is 48.0 Å². The Morgan fingerprint density at radius 3 is 2.37 bits per heavy atom. The van der Waals surface area contributed by atoms with Crippen molar-refractivity contribution in [3.63, 3.8) is 0 Å². The van der Waals surface area contributed by atoms with E-state index >= 15 is 0 Å². The van der Waals surface area contributed by atoms with Gasteiger partial charge < -0.3 is 30.7 Å². The molecule has 9 heteroatoms. The van der Waals surface area contributed by atoms with E-state index in [0.717, 1.165) is 28.0 Å². The number of fused-ring (bicyclic) bond motifs is 1. The van der Waals surface area contributed by atoms with Crippen LogP contribution >= 0.6 is 0 Å². The molecule has 0 fully saturated rings. The minimum Gasteiger partial charge on any atom is -0.497 e. The number of methoxy groups -OCH3 is 2. The van der Waals surface area contributed by atoms with E-state index in [1.807, 2.05) is 42.5 Å². The number of amides is 2. The van der Waals surface area contributed by atoms with Gasteiger partial charge in [0, 0.05) is 32.1 Å². The van der Waals surface area contributed by atoms with E-state index in [-0.39, 0.29) is 6.03 Å². The van der Waals surface area contributed by atoms with Crippen LogP contribution in [-0.4, -0.2) is 50.4 Å². The predicted octanol–water partition coefficient (Wildman–Crippen LogP) is 2.60. The van der Waals surface area contributed by atoms with Crippen molar-refractivity contribution in [2.75, 3.05) is 45.0 Å². The summed E-state index contributed by atoms with van der Waals surface area (Å²) < 4.78 is 10.6. The number of benzene rings is 2. The quantitative estimate of drug-likeness (QED) is 0.402. The highest BCUT2D eigenvalue weighted by molar-refractivity contribution is 5.91. The number of rotatable bonds is 9. The monoisotopic (exact) mass is 410 g/mol. The van der Waals surface area contributed by atoms with Gasteiger partial charge in [0.2, 0.25) is 5.95 Å². The smallest absolute Gasteiger partial charge is 0.314 e. The summed E-state index contributed by atoms with van der Waals surface area (Å²) in [6, 6.07) is 13.3. The molecule has 30 heavy (non-hydrogen) atoms. The Morgan fingerprint density at radius 1 is 0.933 bits per heavy atom. The second-order valence-electron chi connectivity index (χ2n) is 6.41. The van der Waals surface area contributed by atoms with Crippen molar-refractivity contribution in [1.29, 1.82) is 0 Å². The highest BCUT2D eigenvalue weighted by Gasteiger charge is 2.09. The van der Waals surface area contributed by atoms with Crippen molar-refractivity contribution in [2.24, 2.45) is 0 Å². The molecule has 0 saturated carbocycles. The van der Waals surface area contributed by atoms with Gasteiger partial charge in [0.15, 0.2) is 0 Å². The molecule has 2 amide bonds. The van der Waals surface area contributed by atoms with Gasteiger partial charge in [-0.25, -0.2) is 9.78 Å². The summed E-state index contributed by atoms with van der Waals surface area (Å²) in [5.41, 5.74) is 1.87. The van der Waals surface area contributed by atoms with Crippen molar-refractivity contribution in [2.45, 2.75) is 6.54 Å². The van der Waals surface area contributed by atoms with Crippen molar-refractivity contribution in [3.8, 4) is 11.5 Å². The van der Waals surface area contributed by atoms with E-state index in [9.17, 15) is 4.79 Å². The third-order valence-corrected chi connectivity index (χ3v) is 4.44. The Morgan fingerprint density at radius 2 is 1.67 bits per heavy atom. The molecule has 0 aliphatic heterocycles. The topological polar surface area (TPSA) is 109 Å². The fraction of sp³-hybridized carbons (Fsp3) is 0.286. The average Bonchev–Trinajstić information content (AvgIpc) is 2.80. The normalized spacial score (nSPS) is 10.4. The number of nitrogens with zero attached hydrogens (tertiary/aromatic N) is 2. The van der Waals surface area contributed by atoms with Gasteiger partial charge in [-0.3, -0.25) is 0 Å². The average molecular weight is 410 g/mol. The van der Waals surface area contributed by atoms with Gasteiger partial charge in [-0.2, -0.15) is 4.98 Å². The second-order valence-corrected chi connectivity index (χ2v) is 6.41. The second kappa shape index (κ2) is 10.1. The number of hydrogen-bond donors (Lipinski definition) is 4. The zero-order chi connectivity index (χ0) is 21.3. The van der Waals surface area contributed by atoms with Crippen LogP contribution in [0.5, 0.6) is 11.5 Å². The first-order valence-electron chi connectivity index (χ1n) is 9.55. The van der Waals surface area contributed by atoms with Crippen LogP contribution in [0, 0.1) is 0 Å². The molecule has 9 nitrogen and oxygen atoms in total. The van der Waals surface area contributed by atoms with Crippen molar-refractivity contribution >= 4 is 28.7 Å². The molecule has 3 rings (SSSR count). The molecule has 0 aliphatic rings. The van der Waals surface area contributed by atoms with Crippen LogP contribution in [0.25, 0.3) is 10.9 Å². The molecular formula is C21H26N6O3. The lowest BCUT2D eigenvalue weighted by molar-refractivity contribution is 0.243. The molecule has 0 radical (unpaired) electrons. The van der Waals surface area contributed by atoms with Crippen molar-refractivity contribution in [1.82, 2.24) is 20.6 Å². The van der Waals surface area contributed by atoms with Gasteiger partial charge in [-0.05, 0) is 35.9 Å². The number of urea groups is 1. The standard InChI is InChI=1S/C21H26N6O3/c1-22-21(28)24-11-10-23-20-26-18-9-8-16(30-3)12-17(18)19(27-20)25-13-14-4-6-15(29-2)7-5-14/h4-9,12H,10-11,13H2,1-3H3,(H2,22,24,28)(H2,23,25,26,27). The minimum absolute atomic E-state index is 0.231. The summed E-state index contributed by atoms with van der Waals surface area (Å²) in [5.74, 6) is 2.71. The Bertz CT molecular complexity index is 994. The molecule has 2 aromatic carbocycles. The number of ether oxygens (including phenoxy) is 2. The van der Waals surface area contributed by atoms with Crippen LogP contribution in [0.4, 0.5) is 16.6 Å². The molecule has 0 spiro atoms. The molecule has 158 valence electrons. The van der Waals surface area contributed by atoms with Gasteiger partial charge in [-0.1, -0.05) is 12.1 Å². The number of anilines is 2. The van der Waals surface area contributed by atoms with E-state index in [1.54, 1.807) is 21.3 Å². The summed E-state index contributed by atoms with van der Waals surface area (Å²) in [6.07, 6.45) is 0. The van der Waals surface area contributed by atoms with Crippen molar-refractivity contribution < 1.29 is 14.3 Å². The zero-order valence-electron chi connectivity index (χ0n) is 17.3. The van der Waals surface area contributed by atoms with Crippen LogP contribution < -0.4 is 30.7 Å². The number of aromatic nitrogens is 2. The van der Waals surface area contributed by atoms with E-state index in [1.165, 1.54) is 0 Å². The van der Waals surface area contributed by atoms with Gasteiger partial charge in [-0.15, -0.1) is 0 Å². The van der Waals surface area contributed by atoms with Crippen LogP contribution in [-0.2, 0) is 6.54 Å². The fourth-order valence-corrected chi connectivity index (χ4v) is 2.82. The first kappa shape index (κ1) is 21.0. The largest absolute Gasteiger partial charge is 0.497 e. The first-order valence-corrected chi connectivity index (χ1v) is 9.55. The Hall–Kier alpha value is -3.75. The molecule has 1 aromatic heterocycles. The summed E-state index contributed by atoms with van der Waals surface area (Å²) in [4.78, 5) is 20.4. The Labute approximate surface area is 175 Å². The Kier molecular flexibility index (Phi) is 7.09. The maximum atomic E-state index is 11.3. The minimum atomic E-state index is -0.231. The molecule has 4 N–H and O–H groups in total. The highest BCUT2D eigenvalue weighted by Crippen LogP contribution is 2.27. The zero-order valence-corrected chi connectivity index (χ0v) is 17.3. The number of carbonyl (C=O) groups excluding carboxylic acids is 1. The lowest BCUT2D eigenvalue weighted by Crippen LogP contribution is -2.35. The summed E-state index contributed by atoms with van der Waals surface area (Å²) in [6.45, 7) is 1.52. The molecule has 0 bridgehead atoms. The molecule has 1 heterocycles. The fourth-order valence-electron chi connectivity index (χ4n) is 2.82. The van der Waals surface area contributed by atoms with Crippen LogP contribution in [0.2, 0.25) is 0 Å². The maximum Gasteiger partial charge on any atom is 0.314 e. The molecular weight excluding hydrogens is 384 g/mol. The van der Waals surface area contributed by atoms with Crippen LogP contribution in [0.3, 0.4) is 0 Å². The summed E-state index contributed by atoms with van der Waals surface area (Å²) in [5, 5.41) is 12.6. The van der Waals surface area contributed by atoms with Gasteiger partial charge in [0.1, 0.15) is 17.3 Å². The molecule has 0 atom stereocenters. The van der Waals surface area contributed by atoms with Gasteiger partial charge >= 0.3 is 6.03 Å². The van der Waals surface area contributed by atoms with Gasteiger partial charge in [0.05, 0.1) is 19.7 Å². The van der Waals surface area contributed by atoms with Gasteiger partial charge in [0.25, 0.3) is 0 Å². The van der Waals surface area contributed by atoms with E-state index in [4.69, 9.17) is 9.47 Å².